The standard InChI is InChI=1S/C15H11ClFNO5/c16-11-3-2-9(6-12(11)17)23-7-14(20)18-13-4-1-8(19)5-10(13)15(21)22/h1-6,19H,7H2,(H,18,20)(H,21,22). The second-order valence-corrected chi connectivity index (χ2v) is 4.86. The predicted molar refractivity (Wildman–Crippen MR) is 80.6 cm³/mol. The minimum Gasteiger partial charge on any atom is -0.508 e. The summed E-state index contributed by atoms with van der Waals surface area (Å²) in [6.07, 6.45) is 0. The molecule has 0 bridgehead atoms. The Kier molecular flexibility index (Phi) is 5.02. The maximum atomic E-state index is 13.2. The van der Waals surface area contributed by atoms with Gasteiger partial charge in [0.05, 0.1) is 16.3 Å². The number of carbonyl (C=O) groups is 2. The number of aromatic carboxylic acids is 1. The van der Waals surface area contributed by atoms with Gasteiger partial charge in [0.1, 0.15) is 17.3 Å². The highest BCUT2D eigenvalue weighted by atomic mass is 35.5. The molecular formula is C15H11ClFNO5. The Morgan fingerprint density at radius 3 is 2.61 bits per heavy atom. The maximum Gasteiger partial charge on any atom is 0.337 e. The first-order chi connectivity index (χ1) is 10.9. The summed E-state index contributed by atoms with van der Waals surface area (Å²) in [5, 5.41) is 20.6. The number of nitrogens with one attached hydrogen (secondary N) is 1. The molecule has 0 radical (unpaired) electrons. The number of halogens is 2. The van der Waals surface area contributed by atoms with Crippen molar-refractivity contribution in [3.8, 4) is 11.5 Å². The highest BCUT2D eigenvalue weighted by Crippen LogP contribution is 2.22. The first-order valence-corrected chi connectivity index (χ1v) is 6.68. The van der Waals surface area contributed by atoms with Crippen LogP contribution in [0.2, 0.25) is 5.02 Å². The van der Waals surface area contributed by atoms with Crippen LogP contribution in [0.5, 0.6) is 11.5 Å². The Morgan fingerprint density at radius 1 is 1.22 bits per heavy atom. The molecule has 0 saturated heterocycles. The zero-order chi connectivity index (χ0) is 17.0. The molecule has 2 aromatic rings. The van der Waals surface area contributed by atoms with Gasteiger partial charge in [-0.25, -0.2) is 9.18 Å². The third-order valence-electron chi connectivity index (χ3n) is 2.77. The van der Waals surface area contributed by atoms with Gasteiger partial charge in [-0.3, -0.25) is 4.79 Å². The number of ether oxygens (including phenoxy) is 1. The summed E-state index contributed by atoms with van der Waals surface area (Å²) in [4.78, 5) is 22.8. The van der Waals surface area contributed by atoms with Crippen LogP contribution in [-0.2, 0) is 4.79 Å². The molecule has 2 aromatic carbocycles. The number of anilines is 1. The Hall–Kier alpha value is -2.80. The second kappa shape index (κ2) is 6.97. The van der Waals surface area contributed by atoms with Gasteiger partial charge in [-0.05, 0) is 30.3 Å². The molecule has 1 amide bonds. The van der Waals surface area contributed by atoms with Gasteiger partial charge in [0.2, 0.25) is 0 Å². The van der Waals surface area contributed by atoms with Crippen molar-refractivity contribution in [3.05, 3.63) is 52.8 Å². The average Bonchev–Trinajstić information content (AvgIpc) is 2.50. The fourth-order valence-corrected chi connectivity index (χ4v) is 1.84. The predicted octanol–water partition coefficient (Wildman–Crippen LogP) is 2.90. The molecule has 8 heteroatoms. The van der Waals surface area contributed by atoms with Crippen LogP contribution < -0.4 is 10.1 Å². The van der Waals surface area contributed by atoms with Crippen molar-refractivity contribution < 1.29 is 28.9 Å². The van der Waals surface area contributed by atoms with Gasteiger partial charge in [0.25, 0.3) is 5.91 Å². The highest BCUT2D eigenvalue weighted by molar-refractivity contribution is 6.30. The van der Waals surface area contributed by atoms with E-state index in [4.69, 9.17) is 21.4 Å². The van der Waals surface area contributed by atoms with E-state index in [0.717, 1.165) is 12.1 Å². The molecule has 0 atom stereocenters. The quantitative estimate of drug-likeness (QED) is 0.728. The zero-order valence-electron chi connectivity index (χ0n) is 11.5. The number of phenols is 1. The fraction of sp³-hybridized carbons (Fsp3) is 0.0667. The average molecular weight is 340 g/mol. The Morgan fingerprint density at radius 2 is 1.96 bits per heavy atom. The van der Waals surface area contributed by atoms with E-state index < -0.39 is 24.3 Å². The highest BCUT2D eigenvalue weighted by Gasteiger charge is 2.14. The van der Waals surface area contributed by atoms with Crippen molar-refractivity contribution in [1.29, 1.82) is 0 Å². The molecule has 0 aliphatic rings. The van der Waals surface area contributed by atoms with Gasteiger partial charge >= 0.3 is 5.97 Å². The first kappa shape index (κ1) is 16.6. The van der Waals surface area contributed by atoms with Crippen molar-refractivity contribution in [2.75, 3.05) is 11.9 Å². The van der Waals surface area contributed by atoms with Crippen LogP contribution in [0.4, 0.5) is 10.1 Å². The van der Waals surface area contributed by atoms with Gasteiger partial charge < -0.3 is 20.3 Å². The number of benzene rings is 2. The molecule has 0 unspecified atom stereocenters. The molecular weight excluding hydrogens is 329 g/mol. The zero-order valence-corrected chi connectivity index (χ0v) is 12.3. The molecule has 0 heterocycles. The molecule has 3 N–H and O–H groups in total. The summed E-state index contributed by atoms with van der Waals surface area (Å²) in [7, 11) is 0. The van der Waals surface area contributed by atoms with Gasteiger partial charge in [0.15, 0.2) is 6.61 Å². The van der Waals surface area contributed by atoms with Crippen molar-refractivity contribution >= 4 is 29.2 Å². The topological polar surface area (TPSA) is 95.9 Å². The van der Waals surface area contributed by atoms with Crippen LogP contribution in [0.25, 0.3) is 0 Å². The molecule has 0 spiro atoms. The number of amides is 1. The van der Waals surface area contributed by atoms with Crippen molar-refractivity contribution in [2.24, 2.45) is 0 Å². The molecule has 0 aliphatic carbocycles. The largest absolute Gasteiger partial charge is 0.508 e. The monoisotopic (exact) mass is 339 g/mol. The number of carbonyl (C=O) groups excluding carboxylic acids is 1. The Balaban J connectivity index is 2.02. The summed E-state index contributed by atoms with van der Waals surface area (Å²) in [5.41, 5.74) is -0.262. The number of aromatic hydroxyl groups is 1. The lowest BCUT2D eigenvalue weighted by Gasteiger charge is -2.10. The van der Waals surface area contributed by atoms with E-state index in [1.165, 1.54) is 24.3 Å². The summed E-state index contributed by atoms with van der Waals surface area (Å²) in [6.45, 7) is -0.457. The van der Waals surface area contributed by atoms with Crippen molar-refractivity contribution in [2.45, 2.75) is 0 Å². The molecule has 0 fully saturated rings. The number of phenolic OH excluding ortho intramolecular Hbond substituents is 1. The van der Waals surface area contributed by atoms with E-state index in [-0.39, 0.29) is 27.8 Å². The number of carboxylic acid groups (broad SMARTS) is 1. The van der Waals surface area contributed by atoms with Gasteiger partial charge in [-0.1, -0.05) is 11.6 Å². The lowest BCUT2D eigenvalue weighted by molar-refractivity contribution is -0.118. The number of hydrogen-bond acceptors (Lipinski definition) is 4. The molecule has 0 aliphatic heterocycles. The van der Waals surface area contributed by atoms with E-state index in [1.54, 1.807) is 0 Å². The minimum absolute atomic E-state index is 0.00573. The third-order valence-corrected chi connectivity index (χ3v) is 3.08. The van der Waals surface area contributed by atoms with Crippen LogP contribution in [0, 0.1) is 5.82 Å². The Bertz CT molecular complexity index is 766. The lowest BCUT2D eigenvalue weighted by Crippen LogP contribution is -2.21. The van der Waals surface area contributed by atoms with Crippen LogP contribution in [0.1, 0.15) is 10.4 Å². The van der Waals surface area contributed by atoms with E-state index in [2.05, 4.69) is 5.32 Å². The van der Waals surface area contributed by atoms with Crippen LogP contribution >= 0.6 is 11.6 Å². The van der Waals surface area contributed by atoms with Crippen LogP contribution in [-0.4, -0.2) is 28.7 Å². The van der Waals surface area contributed by atoms with E-state index in [0.29, 0.717) is 0 Å². The minimum atomic E-state index is -1.31. The molecule has 120 valence electrons. The number of hydrogen-bond donors (Lipinski definition) is 3. The van der Waals surface area contributed by atoms with E-state index in [1.807, 2.05) is 0 Å². The molecule has 2 rings (SSSR count). The summed E-state index contributed by atoms with van der Waals surface area (Å²) in [5.74, 6) is -2.78. The van der Waals surface area contributed by atoms with Crippen LogP contribution in [0.15, 0.2) is 36.4 Å². The summed E-state index contributed by atoms with van der Waals surface area (Å²) < 4.78 is 18.3. The summed E-state index contributed by atoms with van der Waals surface area (Å²) >= 11 is 5.52. The smallest absolute Gasteiger partial charge is 0.337 e. The van der Waals surface area contributed by atoms with E-state index in [9.17, 15) is 19.1 Å². The lowest BCUT2D eigenvalue weighted by atomic mass is 10.1. The molecule has 6 nitrogen and oxygen atoms in total. The van der Waals surface area contributed by atoms with Crippen molar-refractivity contribution in [1.82, 2.24) is 0 Å². The number of rotatable bonds is 5. The molecule has 23 heavy (non-hydrogen) atoms. The SMILES string of the molecule is O=C(COc1ccc(Cl)c(F)c1)Nc1ccc(O)cc1C(=O)O. The summed E-state index contributed by atoms with van der Waals surface area (Å²) in [6, 6.07) is 7.19. The molecule has 0 aromatic heterocycles. The third kappa shape index (κ3) is 4.33. The van der Waals surface area contributed by atoms with Gasteiger partial charge in [-0.2, -0.15) is 0 Å². The van der Waals surface area contributed by atoms with E-state index >= 15 is 0 Å². The van der Waals surface area contributed by atoms with Crippen LogP contribution in [0.3, 0.4) is 0 Å². The first-order valence-electron chi connectivity index (χ1n) is 6.31. The fourth-order valence-electron chi connectivity index (χ4n) is 1.72. The normalized spacial score (nSPS) is 10.2. The van der Waals surface area contributed by atoms with Crippen molar-refractivity contribution in [3.63, 3.8) is 0 Å². The van der Waals surface area contributed by atoms with Gasteiger partial charge in [-0.15, -0.1) is 0 Å². The molecule has 0 saturated carbocycles. The maximum absolute atomic E-state index is 13.2. The Labute approximate surface area is 135 Å². The second-order valence-electron chi connectivity index (χ2n) is 4.45. The van der Waals surface area contributed by atoms with Gasteiger partial charge in [0, 0.05) is 6.07 Å². The number of carboxylic acids is 1.